The molecule has 1 unspecified atom stereocenters. The van der Waals surface area contributed by atoms with Gasteiger partial charge in [-0.1, -0.05) is 12.8 Å². The molecule has 0 aromatic heterocycles. The Morgan fingerprint density at radius 3 is 2.75 bits per heavy atom. The van der Waals surface area contributed by atoms with Crippen molar-refractivity contribution in [2.24, 2.45) is 5.73 Å². The lowest BCUT2D eigenvalue weighted by molar-refractivity contribution is -0.133. The molecule has 1 amide bonds. The highest BCUT2D eigenvalue weighted by molar-refractivity contribution is 5.77. The van der Waals surface area contributed by atoms with Crippen LogP contribution < -0.4 is 5.73 Å². The van der Waals surface area contributed by atoms with Gasteiger partial charge in [0.15, 0.2) is 0 Å². The number of amides is 1. The lowest BCUT2D eigenvalue weighted by Gasteiger charge is -2.29. The summed E-state index contributed by atoms with van der Waals surface area (Å²) in [5.41, 5.74) is 5.99. The highest BCUT2D eigenvalue weighted by atomic mass is 16.5. The number of likely N-dealkylation sites (N-methyl/N-ethyl adjacent to an activating group) is 1. The lowest BCUT2D eigenvalue weighted by Crippen LogP contribution is -2.45. The Bertz CT molecular complexity index is 256. The molecule has 0 aromatic carbocycles. The molecule has 1 heterocycles. The molecule has 2 N–H and O–H groups in total. The molecular weight excluding hydrogens is 204 g/mol. The number of nitrogens with zero attached hydrogens (tertiary/aromatic N) is 1. The quantitative estimate of drug-likeness (QED) is 0.777. The third kappa shape index (κ3) is 2.55. The van der Waals surface area contributed by atoms with Crippen molar-refractivity contribution in [3.05, 3.63) is 0 Å². The second-order valence-corrected chi connectivity index (χ2v) is 5.27. The first kappa shape index (κ1) is 11.9. The van der Waals surface area contributed by atoms with E-state index in [0.29, 0.717) is 13.0 Å². The normalized spacial score (nSPS) is 28.2. The summed E-state index contributed by atoms with van der Waals surface area (Å²) in [4.78, 5) is 13.9. The Morgan fingerprint density at radius 1 is 1.50 bits per heavy atom. The summed E-state index contributed by atoms with van der Waals surface area (Å²) in [6.45, 7) is 1.45. The molecule has 2 rings (SSSR count). The first-order chi connectivity index (χ1) is 7.61. The fraction of sp³-hybridized carbons (Fsp3) is 0.917. The van der Waals surface area contributed by atoms with Crippen molar-refractivity contribution < 1.29 is 9.53 Å². The Hall–Kier alpha value is -0.610. The molecule has 1 atom stereocenters. The minimum absolute atomic E-state index is 0.180. The molecule has 2 aliphatic rings. The smallest absolute Gasteiger partial charge is 0.224 e. The van der Waals surface area contributed by atoms with E-state index in [-0.39, 0.29) is 17.5 Å². The minimum Gasteiger partial charge on any atom is -0.379 e. The molecule has 4 heteroatoms. The maximum absolute atomic E-state index is 12.1. The van der Waals surface area contributed by atoms with Gasteiger partial charge in [0, 0.05) is 25.6 Å². The number of hydrogen-bond donors (Lipinski definition) is 1. The maximum Gasteiger partial charge on any atom is 0.224 e. The predicted octanol–water partition coefficient (Wildman–Crippen LogP) is 0.895. The van der Waals surface area contributed by atoms with Gasteiger partial charge in [-0.25, -0.2) is 0 Å². The van der Waals surface area contributed by atoms with Crippen LogP contribution in [0.25, 0.3) is 0 Å². The number of carbonyl (C=O) groups excluding carboxylic acids is 1. The Balaban J connectivity index is 1.86. The second kappa shape index (κ2) is 4.72. The molecule has 0 aromatic rings. The van der Waals surface area contributed by atoms with Gasteiger partial charge in [-0.2, -0.15) is 0 Å². The standard InChI is InChI=1S/C12H22N2O2/c1-14(10-4-7-16-9-10)11(15)8-12(13)5-2-3-6-12/h10H,2-9,13H2,1H3. The molecule has 92 valence electrons. The van der Waals surface area contributed by atoms with Gasteiger partial charge in [-0.3, -0.25) is 4.79 Å². The molecule has 1 aliphatic heterocycles. The molecule has 0 spiro atoms. The van der Waals surface area contributed by atoms with Crippen molar-refractivity contribution in [2.45, 2.75) is 50.1 Å². The minimum atomic E-state index is -0.231. The molecule has 1 saturated carbocycles. The van der Waals surface area contributed by atoms with Crippen molar-refractivity contribution in [2.75, 3.05) is 20.3 Å². The number of nitrogens with two attached hydrogens (primary N) is 1. The Morgan fingerprint density at radius 2 is 2.19 bits per heavy atom. The molecule has 1 saturated heterocycles. The van der Waals surface area contributed by atoms with Crippen LogP contribution in [0.4, 0.5) is 0 Å². The van der Waals surface area contributed by atoms with E-state index in [1.807, 2.05) is 11.9 Å². The fourth-order valence-corrected chi connectivity index (χ4v) is 2.71. The van der Waals surface area contributed by atoms with E-state index in [1.54, 1.807) is 0 Å². The summed E-state index contributed by atoms with van der Waals surface area (Å²) in [5, 5.41) is 0. The monoisotopic (exact) mass is 226 g/mol. The zero-order valence-electron chi connectivity index (χ0n) is 10.1. The summed E-state index contributed by atoms with van der Waals surface area (Å²) < 4.78 is 5.30. The topological polar surface area (TPSA) is 55.6 Å². The average molecular weight is 226 g/mol. The van der Waals surface area contributed by atoms with Crippen LogP contribution in [-0.2, 0) is 9.53 Å². The maximum atomic E-state index is 12.1. The van der Waals surface area contributed by atoms with Crippen LogP contribution in [0, 0.1) is 0 Å². The van der Waals surface area contributed by atoms with E-state index in [4.69, 9.17) is 10.5 Å². The summed E-state index contributed by atoms with van der Waals surface area (Å²) in [5.74, 6) is 0.180. The van der Waals surface area contributed by atoms with Crippen LogP contribution in [0.3, 0.4) is 0 Å². The van der Waals surface area contributed by atoms with Gasteiger partial charge >= 0.3 is 0 Å². The average Bonchev–Trinajstić information content (AvgIpc) is 2.87. The van der Waals surface area contributed by atoms with E-state index in [0.717, 1.165) is 25.9 Å². The SMILES string of the molecule is CN(C(=O)CC1(N)CCCC1)C1CCOC1. The van der Waals surface area contributed by atoms with Gasteiger partial charge < -0.3 is 15.4 Å². The van der Waals surface area contributed by atoms with Gasteiger partial charge in [0.2, 0.25) is 5.91 Å². The van der Waals surface area contributed by atoms with Crippen molar-refractivity contribution in [1.82, 2.24) is 4.90 Å². The lowest BCUT2D eigenvalue weighted by atomic mass is 9.94. The van der Waals surface area contributed by atoms with E-state index in [1.165, 1.54) is 12.8 Å². The number of rotatable bonds is 3. The highest BCUT2D eigenvalue weighted by Gasteiger charge is 2.34. The van der Waals surface area contributed by atoms with Gasteiger partial charge in [0.1, 0.15) is 0 Å². The molecule has 16 heavy (non-hydrogen) atoms. The van der Waals surface area contributed by atoms with Gasteiger partial charge in [-0.05, 0) is 19.3 Å². The zero-order chi connectivity index (χ0) is 11.6. The number of ether oxygens (including phenoxy) is 1. The molecular formula is C12H22N2O2. The van der Waals surface area contributed by atoms with Crippen LogP contribution >= 0.6 is 0 Å². The van der Waals surface area contributed by atoms with Crippen molar-refractivity contribution in [3.63, 3.8) is 0 Å². The van der Waals surface area contributed by atoms with Gasteiger partial charge in [-0.15, -0.1) is 0 Å². The van der Waals surface area contributed by atoms with Crippen molar-refractivity contribution >= 4 is 5.91 Å². The predicted molar refractivity (Wildman–Crippen MR) is 62.0 cm³/mol. The molecule has 1 aliphatic carbocycles. The summed E-state index contributed by atoms with van der Waals surface area (Å²) >= 11 is 0. The molecule has 0 bridgehead atoms. The van der Waals surface area contributed by atoms with Crippen LogP contribution in [0.1, 0.15) is 38.5 Å². The number of hydrogen-bond acceptors (Lipinski definition) is 3. The van der Waals surface area contributed by atoms with Crippen molar-refractivity contribution in [3.8, 4) is 0 Å². The summed E-state index contributed by atoms with van der Waals surface area (Å²) in [6.07, 6.45) is 5.78. The van der Waals surface area contributed by atoms with E-state index < -0.39 is 0 Å². The van der Waals surface area contributed by atoms with Crippen molar-refractivity contribution in [1.29, 1.82) is 0 Å². The van der Waals surface area contributed by atoms with E-state index >= 15 is 0 Å². The summed E-state index contributed by atoms with van der Waals surface area (Å²) in [7, 11) is 1.87. The summed E-state index contributed by atoms with van der Waals surface area (Å²) in [6, 6.07) is 0.262. The van der Waals surface area contributed by atoms with Crippen LogP contribution in [0.15, 0.2) is 0 Å². The number of carbonyl (C=O) groups is 1. The molecule has 4 nitrogen and oxygen atoms in total. The van der Waals surface area contributed by atoms with Crippen LogP contribution in [-0.4, -0.2) is 42.6 Å². The van der Waals surface area contributed by atoms with Crippen LogP contribution in [0.2, 0.25) is 0 Å². The molecule has 0 radical (unpaired) electrons. The molecule has 2 fully saturated rings. The van der Waals surface area contributed by atoms with Gasteiger partial charge in [0.25, 0.3) is 0 Å². The third-order valence-electron chi connectivity index (χ3n) is 3.95. The van der Waals surface area contributed by atoms with E-state index in [9.17, 15) is 4.79 Å². The first-order valence-corrected chi connectivity index (χ1v) is 6.23. The Labute approximate surface area is 97.1 Å². The largest absolute Gasteiger partial charge is 0.379 e. The van der Waals surface area contributed by atoms with E-state index in [2.05, 4.69) is 0 Å². The van der Waals surface area contributed by atoms with Gasteiger partial charge in [0.05, 0.1) is 12.6 Å². The fourth-order valence-electron chi connectivity index (χ4n) is 2.71. The van der Waals surface area contributed by atoms with Crippen LogP contribution in [0.5, 0.6) is 0 Å². The Kier molecular flexibility index (Phi) is 3.50. The zero-order valence-corrected chi connectivity index (χ0v) is 10.1. The highest BCUT2D eigenvalue weighted by Crippen LogP contribution is 2.30. The third-order valence-corrected chi connectivity index (χ3v) is 3.95. The first-order valence-electron chi connectivity index (χ1n) is 6.23. The second-order valence-electron chi connectivity index (χ2n) is 5.27.